The first kappa shape index (κ1) is 11.2. The van der Waals surface area contributed by atoms with Gasteiger partial charge >= 0.3 is 0 Å². The molecule has 0 radical (unpaired) electrons. The quantitative estimate of drug-likeness (QED) is 0.715. The van der Waals surface area contributed by atoms with Gasteiger partial charge in [-0.05, 0) is 30.7 Å². The molecule has 0 atom stereocenters. The molecule has 3 rings (SSSR count). The van der Waals surface area contributed by atoms with E-state index in [-0.39, 0.29) is 0 Å². The van der Waals surface area contributed by atoms with Crippen LogP contribution in [0.5, 0.6) is 0 Å². The van der Waals surface area contributed by atoms with E-state index in [0.29, 0.717) is 0 Å². The van der Waals surface area contributed by atoms with Crippen molar-refractivity contribution in [2.45, 2.75) is 17.0 Å². The van der Waals surface area contributed by atoms with Crippen molar-refractivity contribution in [1.29, 1.82) is 0 Å². The van der Waals surface area contributed by atoms with E-state index < -0.39 is 5.95 Å². The maximum Gasteiger partial charge on any atom is 0.213 e. The second-order valence-corrected chi connectivity index (χ2v) is 5.04. The highest BCUT2D eigenvalue weighted by atomic mass is 32.2. The van der Waals surface area contributed by atoms with Crippen LogP contribution in [0.4, 0.5) is 4.39 Å². The van der Waals surface area contributed by atoms with Crippen molar-refractivity contribution >= 4 is 22.8 Å². The van der Waals surface area contributed by atoms with Crippen LogP contribution in [0.25, 0.3) is 11.0 Å². The molecule has 2 aromatic heterocycles. The predicted molar refractivity (Wildman–Crippen MR) is 69.1 cm³/mol. The van der Waals surface area contributed by atoms with E-state index in [9.17, 15) is 4.39 Å². The molecule has 0 aliphatic heterocycles. The number of halogens is 1. The fourth-order valence-corrected chi connectivity index (χ4v) is 2.52. The molecular formula is C13H10FN3S. The van der Waals surface area contributed by atoms with Crippen LogP contribution in [0, 0.1) is 12.9 Å². The second-order valence-electron chi connectivity index (χ2n) is 3.98. The maximum absolute atomic E-state index is 13.0. The first-order valence-electron chi connectivity index (χ1n) is 5.46. The van der Waals surface area contributed by atoms with Crippen LogP contribution in [0.2, 0.25) is 0 Å². The van der Waals surface area contributed by atoms with Gasteiger partial charge in [0.2, 0.25) is 5.95 Å². The van der Waals surface area contributed by atoms with E-state index in [4.69, 9.17) is 0 Å². The molecule has 0 bridgehead atoms. The van der Waals surface area contributed by atoms with Crippen molar-refractivity contribution in [2.75, 3.05) is 0 Å². The first-order valence-corrected chi connectivity index (χ1v) is 6.28. The zero-order valence-corrected chi connectivity index (χ0v) is 10.5. The van der Waals surface area contributed by atoms with Crippen molar-refractivity contribution in [1.82, 2.24) is 15.0 Å². The molecule has 18 heavy (non-hydrogen) atoms. The third kappa shape index (κ3) is 2.22. The number of imidazole rings is 1. The zero-order chi connectivity index (χ0) is 12.5. The van der Waals surface area contributed by atoms with E-state index in [1.54, 1.807) is 6.07 Å². The largest absolute Gasteiger partial charge is 0.333 e. The maximum atomic E-state index is 13.0. The lowest BCUT2D eigenvalue weighted by atomic mass is 10.2. The van der Waals surface area contributed by atoms with Crippen LogP contribution in [0.1, 0.15) is 5.56 Å². The predicted octanol–water partition coefficient (Wildman–Crippen LogP) is 3.56. The Balaban J connectivity index is 1.95. The van der Waals surface area contributed by atoms with Gasteiger partial charge in [-0.3, -0.25) is 0 Å². The highest BCUT2D eigenvalue weighted by molar-refractivity contribution is 7.99. The van der Waals surface area contributed by atoms with Gasteiger partial charge in [0.1, 0.15) is 0 Å². The molecule has 1 aromatic carbocycles. The average Bonchev–Trinajstić information content (AvgIpc) is 2.70. The van der Waals surface area contributed by atoms with Crippen LogP contribution in [-0.2, 0) is 0 Å². The summed E-state index contributed by atoms with van der Waals surface area (Å²) in [6, 6.07) is 9.18. The number of rotatable bonds is 2. The monoisotopic (exact) mass is 259 g/mol. The van der Waals surface area contributed by atoms with Crippen molar-refractivity contribution in [3.8, 4) is 0 Å². The summed E-state index contributed by atoms with van der Waals surface area (Å²) in [6.07, 6.45) is 1.45. The molecule has 5 heteroatoms. The Kier molecular flexibility index (Phi) is 2.76. The molecule has 90 valence electrons. The highest BCUT2D eigenvalue weighted by Gasteiger charge is 2.05. The van der Waals surface area contributed by atoms with E-state index in [1.165, 1.54) is 29.6 Å². The lowest BCUT2D eigenvalue weighted by molar-refractivity contribution is 0.579. The van der Waals surface area contributed by atoms with Crippen LogP contribution < -0.4 is 0 Å². The second kappa shape index (κ2) is 4.42. The number of nitrogens with one attached hydrogen (secondary N) is 1. The lowest BCUT2D eigenvalue weighted by Gasteiger charge is -1.96. The van der Waals surface area contributed by atoms with Crippen molar-refractivity contribution in [3.05, 3.63) is 48.0 Å². The SMILES string of the molecule is Cc1ccc2nc(Sc3ccnc(F)c3)[nH]c2c1. The van der Waals surface area contributed by atoms with Gasteiger partial charge < -0.3 is 4.98 Å². The summed E-state index contributed by atoms with van der Waals surface area (Å²) in [5.74, 6) is -0.480. The average molecular weight is 259 g/mol. The van der Waals surface area contributed by atoms with Gasteiger partial charge in [0.05, 0.1) is 11.0 Å². The minimum Gasteiger partial charge on any atom is -0.333 e. The van der Waals surface area contributed by atoms with Crippen molar-refractivity contribution in [2.24, 2.45) is 0 Å². The Hall–Kier alpha value is -1.88. The number of nitrogens with zero attached hydrogens (tertiary/aromatic N) is 2. The van der Waals surface area contributed by atoms with Crippen molar-refractivity contribution < 1.29 is 4.39 Å². The van der Waals surface area contributed by atoms with Crippen LogP contribution in [-0.4, -0.2) is 15.0 Å². The summed E-state index contributed by atoms with van der Waals surface area (Å²) < 4.78 is 13.0. The number of fused-ring (bicyclic) bond motifs is 1. The van der Waals surface area contributed by atoms with Gasteiger partial charge in [0.25, 0.3) is 0 Å². The number of hydrogen-bond donors (Lipinski definition) is 1. The third-order valence-corrected chi connectivity index (χ3v) is 3.40. The fourth-order valence-electron chi connectivity index (χ4n) is 1.71. The number of benzene rings is 1. The molecule has 0 amide bonds. The summed E-state index contributed by atoms with van der Waals surface area (Å²) in [6.45, 7) is 2.03. The van der Waals surface area contributed by atoms with E-state index in [1.807, 2.05) is 25.1 Å². The molecule has 0 saturated heterocycles. The molecule has 1 N–H and O–H groups in total. The van der Waals surface area contributed by atoms with Crippen LogP contribution in [0.15, 0.2) is 46.6 Å². The lowest BCUT2D eigenvalue weighted by Crippen LogP contribution is -1.82. The Morgan fingerprint density at radius 1 is 1.22 bits per heavy atom. The van der Waals surface area contributed by atoms with E-state index >= 15 is 0 Å². The summed E-state index contributed by atoms with van der Waals surface area (Å²) >= 11 is 1.39. The summed E-state index contributed by atoms with van der Waals surface area (Å²) in [5.41, 5.74) is 3.09. The zero-order valence-electron chi connectivity index (χ0n) is 9.64. The molecule has 3 nitrogen and oxygen atoms in total. The minimum absolute atomic E-state index is 0.480. The normalized spacial score (nSPS) is 11.0. The number of aromatic amines is 1. The molecule has 3 aromatic rings. The Labute approximate surface area is 107 Å². The van der Waals surface area contributed by atoms with E-state index in [0.717, 1.165) is 21.1 Å². The number of H-pyrrole nitrogens is 1. The summed E-state index contributed by atoms with van der Waals surface area (Å²) in [4.78, 5) is 12.0. The molecule has 0 unspecified atom stereocenters. The van der Waals surface area contributed by atoms with Gasteiger partial charge in [-0.1, -0.05) is 17.8 Å². The van der Waals surface area contributed by atoms with Crippen molar-refractivity contribution in [3.63, 3.8) is 0 Å². The number of hydrogen-bond acceptors (Lipinski definition) is 3. The topological polar surface area (TPSA) is 41.6 Å². The van der Waals surface area contributed by atoms with E-state index in [2.05, 4.69) is 15.0 Å². The van der Waals surface area contributed by atoms with Gasteiger partial charge in [-0.15, -0.1) is 0 Å². The molecule has 0 saturated carbocycles. The smallest absolute Gasteiger partial charge is 0.213 e. The molecule has 0 aliphatic carbocycles. The fraction of sp³-hybridized carbons (Fsp3) is 0.0769. The highest BCUT2D eigenvalue weighted by Crippen LogP contribution is 2.27. The van der Waals surface area contributed by atoms with Crippen LogP contribution >= 0.6 is 11.8 Å². The molecule has 0 aliphatic rings. The minimum atomic E-state index is -0.480. The summed E-state index contributed by atoms with van der Waals surface area (Å²) in [7, 11) is 0. The van der Waals surface area contributed by atoms with Gasteiger partial charge in [-0.2, -0.15) is 4.39 Å². The van der Waals surface area contributed by atoms with Gasteiger partial charge in [-0.25, -0.2) is 9.97 Å². The number of aryl methyl sites for hydroxylation is 1. The third-order valence-electron chi connectivity index (χ3n) is 2.53. The Bertz CT molecular complexity index is 708. The first-order chi connectivity index (χ1) is 8.70. The van der Waals surface area contributed by atoms with Gasteiger partial charge in [0, 0.05) is 17.2 Å². The van der Waals surface area contributed by atoms with Crippen LogP contribution in [0.3, 0.4) is 0 Å². The summed E-state index contributed by atoms with van der Waals surface area (Å²) in [5, 5.41) is 0.751. The Morgan fingerprint density at radius 3 is 2.94 bits per heavy atom. The number of aromatic nitrogens is 3. The standard InChI is InChI=1S/C13H10FN3S/c1-8-2-3-10-11(6-8)17-13(16-10)18-9-4-5-15-12(14)7-9/h2-7H,1H3,(H,16,17). The van der Waals surface area contributed by atoms with Gasteiger partial charge in [0.15, 0.2) is 5.16 Å². The Morgan fingerprint density at radius 2 is 2.11 bits per heavy atom. The molecule has 2 heterocycles. The molecular weight excluding hydrogens is 249 g/mol. The number of pyridine rings is 1. The molecule has 0 spiro atoms. The molecule has 0 fully saturated rings.